The topological polar surface area (TPSA) is 30.5 Å². The minimum absolute atomic E-state index is 0.751. The Kier molecular flexibility index (Phi) is 4.64. The molecule has 0 aliphatic rings. The highest BCUT2D eigenvalue weighted by Crippen LogP contribution is 2.33. The van der Waals surface area contributed by atoms with E-state index in [1.54, 1.807) is 14.2 Å². The number of nitrogens with one attached hydrogen (secondary N) is 1. The number of methoxy groups -OCH3 is 2. The van der Waals surface area contributed by atoms with E-state index in [4.69, 9.17) is 9.47 Å². The van der Waals surface area contributed by atoms with Gasteiger partial charge >= 0.3 is 0 Å². The van der Waals surface area contributed by atoms with Crippen molar-refractivity contribution < 1.29 is 9.47 Å². The van der Waals surface area contributed by atoms with Crippen LogP contribution in [0.4, 0.5) is 0 Å². The van der Waals surface area contributed by atoms with Gasteiger partial charge in [0, 0.05) is 6.54 Å². The van der Waals surface area contributed by atoms with Gasteiger partial charge in [0.25, 0.3) is 0 Å². The van der Waals surface area contributed by atoms with E-state index in [0.29, 0.717) is 0 Å². The molecule has 0 amide bonds. The molecule has 0 unspecified atom stereocenters. The Morgan fingerprint density at radius 2 is 1.70 bits per heavy atom. The molecule has 0 radical (unpaired) electrons. The summed E-state index contributed by atoms with van der Waals surface area (Å²) in [6.45, 7) is 3.01. The Morgan fingerprint density at radius 3 is 2.30 bits per heavy atom. The third kappa shape index (κ3) is 2.94. The lowest BCUT2D eigenvalue weighted by Crippen LogP contribution is -2.05. The van der Waals surface area contributed by atoms with Gasteiger partial charge in [0.1, 0.15) is 0 Å². The number of hydrogen-bond donors (Lipinski definition) is 1. The Bertz CT molecular complexity index is 594. The Hall–Kier alpha value is -2.00. The van der Waals surface area contributed by atoms with Crippen molar-refractivity contribution in [3.8, 4) is 22.6 Å². The van der Waals surface area contributed by atoms with E-state index in [2.05, 4.69) is 36.5 Å². The van der Waals surface area contributed by atoms with Crippen molar-refractivity contribution in [1.29, 1.82) is 0 Å². The van der Waals surface area contributed by atoms with E-state index in [0.717, 1.165) is 23.6 Å². The number of hydrogen-bond acceptors (Lipinski definition) is 3. The van der Waals surface area contributed by atoms with Gasteiger partial charge in [0.2, 0.25) is 0 Å². The zero-order valence-electron chi connectivity index (χ0n) is 12.5. The van der Waals surface area contributed by atoms with Crippen LogP contribution in [0.3, 0.4) is 0 Å². The van der Waals surface area contributed by atoms with E-state index < -0.39 is 0 Å². The summed E-state index contributed by atoms with van der Waals surface area (Å²) in [5, 5.41) is 3.17. The summed E-state index contributed by atoms with van der Waals surface area (Å²) >= 11 is 0. The van der Waals surface area contributed by atoms with Gasteiger partial charge in [0.15, 0.2) is 11.5 Å². The summed E-state index contributed by atoms with van der Waals surface area (Å²) in [5.41, 5.74) is 4.89. The molecule has 2 aromatic rings. The van der Waals surface area contributed by atoms with E-state index in [9.17, 15) is 0 Å². The van der Waals surface area contributed by atoms with Gasteiger partial charge in [-0.2, -0.15) is 0 Å². The fourth-order valence-corrected chi connectivity index (χ4v) is 2.37. The van der Waals surface area contributed by atoms with Gasteiger partial charge in [-0.15, -0.1) is 0 Å². The second-order valence-electron chi connectivity index (χ2n) is 4.75. The van der Waals surface area contributed by atoms with Crippen LogP contribution in [0.15, 0.2) is 36.4 Å². The van der Waals surface area contributed by atoms with Crippen molar-refractivity contribution in [1.82, 2.24) is 5.32 Å². The van der Waals surface area contributed by atoms with Crippen LogP contribution in [0.5, 0.6) is 11.5 Å². The summed E-state index contributed by atoms with van der Waals surface area (Å²) < 4.78 is 10.6. The van der Waals surface area contributed by atoms with Crippen molar-refractivity contribution in [2.24, 2.45) is 0 Å². The maximum absolute atomic E-state index is 5.37. The van der Waals surface area contributed by atoms with Crippen LogP contribution >= 0.6 is 0 Å². The number of rotatable bonds is 5. The molecule has 0 saturated carbocycles. The first kappa shape index (κ1) is 14.4. The van der Waals surface area contributed by atoms with E-state index >= 15 is 0 Å². The molecule has 2 aromatic carbocycles. The highest BCUT2D eigenvalue weighted by molar-refractivity contribution is 5.70. The third-order valence-electron chi connectivity index (χ3n) is 3.37. The summed E-state index contributed by atoms with van der Waals surface area (Å²) in [6.07, 6.45) is 0. The number of benzene rings is 2. The molecule has 0 heterocycles. The summed E-state index contributed by atoms with van der Waals surface area (Å²) in [4.78, 5) is 0. The van der Waals surface area contributed by atoms with Gasteiger partial charge in [-0.05, 0) is 48.4 Å². The molecule has 1 N–H and O–H groups in total. The van der Waals surface area contributed by atoms with Crippen molar-refractivity contribution in [2.75, 3.05) is 21.3 Å². The second kappa shape index (κ2) is 6.44. The van der Waals surface area contributed by atoms with E-state index in [1.807, 2.05) is 19.2 Å². The lowest BCUT2D eigenvalue weighted by molar-refractivity contribution is 0.355. The molecule has 106 valence electrons. The smallest absolute Gasteiger partial charge is 0.161 e. The minimum atomic E-state index is 0.751. The molecular weight excluding hydrogens is 250 g/mol. The second-order valence-corrected chi connectivity index (χ2v) is 4.75. The molecule has 3 heteroatoms. The predicted octanol–water partition coefficient (Wildman–Crippen LogP) is 3.40. The largest absolute Gasteiger partial charge is 0.493 e. The van der Waals surface area contributed by atoms with Crippen LogP contribution in [0.1, 0.15) is 11.1 Å². The molecule has 0 aromatic heterocycles. The van der Waals surface area contributed by atoms with Gasteiger partial charge in [-0.1, -0.05) is 24.3 Å². The highest BCUT2D eigenvalue weighted by Gasteiger charge is 2.08. The average molecular weight is 271 g/mol. The molecule has 3 nitrogen and oxygen atoms in total. The lowest BCUT2D eigenvalue weighted by atomic mass is 9.98. The standard InChI is InChI=1S/C17H21NO2/c1-12-9-13(11-18-2)5-7-15(12)14-6-8-16(19-3)17(10-14)20-4/h5-10,18H,11H2,1-4H3. The van der Waals surface area contributed by atoms with Crippen LogP contribution in [0.25, 0.3) is 11.1 Å². The molecule has 0 fully saturated rings. The minimum Gasteiger partial charge on any atom is -0.493 e. The molecule has 0 aliphatic heterocycles. The lowest BCUT2D eigenvalue weighted by Gasteiger charge is -2.12. The molecule has 0 atom stereocenters. The van der Waals surface area contributed by atoms with Crippen molar-refractivity contribution in [3.05, 3.63) is 47.5 Å². The van der Waals surface area contributed by atoms with Crippen LogP contribution < -0.4 is 14.8 Å². The summed E-state index contributed by atoms with van der Waals surface area (Å²) in [7, 11) is 5.26. The molecule has 0 saturated heterocycles. The van der Waals surface area contributed by atoms with Gasteiger partial charge in [-0.3, -0.25) is 0 Å². The Morgan fingerprint density at radius 1 is 0.950 bits per heavy atom. The van der Waals surface area contributed by atoms with Gasteiger partial charge in [-0.25, -0.2) is 0 Å². The van der Waals surface area contributed by atoms with Crippen LogP contribution in [-0.2, 0) is 6.54 Å². The highest BCUT2D eigenvalue weighted by atomic mass is 16.5. The maximum atomic E-state index is 5.37. The van der Waals surface area contributed by atoms with Crippen molar-refractivity contribution >= 4 is 0 Å². The molecule has 0 spiro atoms. The average Bonchev–Trinajstić information content (AvgIpc) is 2.47. The van der Waals surface area contributed by atoms with E-state index in [1.165, 1.54) is 16.7 Å². The maximum Gasteiger partial charge on any atom is 0.161 e. The quantitative estimate of drug-likeness (QED) is 0.904. The Labute approximate surface area is 120 Å². The van der Waals surface area contributed by atoms with Gasteiger partial charge < -0.3 is 14.8 Å². The van der Waals surface area contributed by atoms with Crippen LogP contribution in [-0.4, -0.2) is 21.3 Å². The zero-order valence-corrected chi connectivity index (χ0v) is 12.5. The first-order valence-corrected chi connectivity index (χ1v) is 6.66. The van der Waals surface area contributed by atoms with Crippen molar-refractivity contribution in [3.63, 3.8) is 0 Å². The normalized spacial score (nSPS) is 10.4. The number of aryl methyl sites for hydroxylation is 1. The zero-order chi connectivity index (χ0) is 14.5. The Balaban J connectivity index is 2.41. The first-order chi connectivity index (χ1) is 9.69. The molecule has 0 aliphatic carbocycles. The summed E-state index contributed by atoms with van der Waals surface area (Å²) in [5.74, 6) is 1.50. The van der Waals surface area contributed by atoms with Crippen LogP contribution in [0.2, 0.25) is 0 Å². The summed E-state index contributed by atoms with van der Waals surface area (Å²) in [6, 6.07) is 12.5. The molecule has 20 heavy (non-hydrogen) atoms. The third-order valence-corrected chi connectivity index (χ3v) is 3.37. The fourth-order valence-electron chi connectivity index (χ4n) is 2.37. The number of ether oxygens (including phenoxy) is 2. The molecule has 2 rings (SSSR count). The molecule has 0 bridgehead atoms. The fraction of sp³-hybridized carbons (Fsp3) is 0.294. The SMILES string of the molecule is CNCc1ccc(-c2ccc(OC)c(OC)c2)c(C)c1. The monoisotopic (exact) mass is 271 g/mol. The van der Waals surface area contributed by atoms with Gasteiger partial charge in [0.05, 0.1) is 14.2 Å². The van der Waals surface area contributed by atoms with E-state index in [-0.39, 0.29) is 0 Å². The van der Waals surface area contributed by atoms with Crippen molar-refractivity contribution in [2.45, 2.75) is 13.5 Å². The first-order valence-electron chi connectivity index (χ1n) is 6.66. The molecular formula is C17H21NO2. The van der Waals surface area contributed by atoms with Crippen LogP contribution in [0, 0.1) is 6.92 Å². The predicted molar refractivity (Wildman–Crippen MR) is 82.5 cm³/mol.